The van der Waals surface area contributed by atoms with Crippen molar-refractivity contribution in [3.63, 3.8) is 0 Å². The highest BCUT2D eigenvalue weighted by molar-refractivity contribution is 5.53. The van der Waals surface area contributed by atoms with Crippen molar-refractivity contribution in [3.8, 4) is 0 Å². The van der Waals surface area contributed by atoms with Crippen LogP contribution in [0.5, 0.6) is 0 Å². The van der Waals surface area contributed by atoms with Gasteiger partial charge in [0.25, 0.3) is 0 Å². The van der Waals surface area contributed by atoms with Gasteiger partial charge in [0.1, 0.15) is 5.82 Å². The number of aromatic amines is 1. The molecule has 2 aliphatic rings. The zero-order valence-electron chi connectivity index (χ0n) is 18.5. The van der Waals surface area contributed by atoms with Gasteiger partial charge in [-0.25, -0.2) is 4.39 Å². The number of nitrogens with one attached hydrogen (secondary N) is 3. The second-order valence-electron chi connectivity index (χ2n) is 8.61. The Morgan fingerprint density at radius 2 is 1.82 bits per heavy atom. The maximum Gasteiger partial charge on any atom is 0.235 e. The van der Waals surface area contributed by atoms with Gasteiger partial charge in [0.05, 0.1) is 12.6 Å². The minimum atomic E-state index is -0.493. The molecule has 0 bridgehead atoms. The van der Waals surface area contributed by atoms with E-state index in [1.165, 1.54) is 25.0 Å². The van der Waals surface area contributed by atoms with Gasteiger partial charge >= 0.3 is 0 Å². The van der Waals surface area contributed by atoms with E-state index in [9.17, 15) is 9.50 Å². The molecule has 1 aromatic carbocycles. The van der Waals surface area contributed by atoms with Crippen LogP contribution in [0.3, 0.4) is 0 Å². The number of likely N-dealkylation sites (N-methyl/N-ethyl adjacent to an activating group) is 1. The van der Waals surface area contributed by atoms with Crippen LogP contribution in [0.2, 0.25) is 0 Å². The van der Waals surface area contributed by atoms with Crippen molar-refractivity contribution in [1.29, 1.82) is 0 Å². The van der Waals surface area contributed by atoms with Gasteiger partial charge in [-0.2, -0.15) is 20.1 Å². The smallest absolute Gasteiger partial charge is 0.235 e. The Hall–Kier alpha value is -3.31. The summed E-state index contributed by atoms with van der Waals surface area (Å²) in [5.41, 5.74) is 1.84. The topological polar surface area (TPSA) is 118 Å². The standard InChI is InChI=1S/C22H28FN9O/c1-31-8-10-32(11-9-31)22-27-20(24-18(13-33)15-4-6-16(23)7-5-15)26-21(28-22)25-19-12-17(29-30-19)14-2-3-14/h4-7,12,14,18,33H,2-3,8-11,13H2,1H3,(H3,24,25,26,27,28,29,30). The molecule has 3 aromatic rings. The molecule has 1 unspecified atom stereocenters. The number of nitrogens with zero attached hydrogens (tertiary/aromatic N) is 6. The molecule has 2 fully saturated rings. The van der Waals surface area contributed by atoms with Gasteiger partial charge in [-0.05, 0) is 37.6 Å². The fraction of sp³-hybridized carbons (Fsp3) is 0.455. The monoisotopic (exact) mass is 453 g/mol. The van der Waals surface area contributed by atoms with Gasteiger partial charge in [-0.15, -0.1) is 0 Å². The average molecular weight is 454 g/mol. The zero-order valence-corrected chi connectivity index (χ0v) is 18.5. The number of piperazine rings is 1. The van der Waals surface area contributed by atoms with Crippen molar-refractivity contribution in [2.75, 3.05) is 55.4 Å². The van der Waals surface area contributed by atoms with Crippen molar-refractivity contribution >= 4 is 23.7 Å². The molecule has 0 amide bonds. The number of aliphatic hydroxyl groups excluding tert-OH is 1. The van der Waals surface area contributed by atoms with Crippen LogP contribution in [0, 0.1) is 5.82 Å². The summed E-state index contributed by atoms with van der Waals surface area (Å²) < 4.78 is 13.3. The van der Waals surface area contributed by atoms with E-state index in [2.05, 4.69) is 52.6 Å². The Kier molecular flexibility index (Phi) is 6.05. The molecule has 5 rings (SSSR count). The lowest BCUT2D eigenvalue weighted by molar-refractivity contribution is 0.275. The van der Waals surface area contributed by atoms with Crippen LogP contribution >= 0.6 is 0 Å². The largest absolute Gasteiger partial charge is 0.394 e. The first-order chi connectivity index (χ1) is 16.1. The number of rotatable bonds is 8. The number of hydrogen-bond acceptors (Lipinski definition) is 9. The first-order valence-electron chi connectivity index (χ1n) is 11.2. The molecular weight excluding hydrogens is 425 g/mol. The van der Waals surface area contributed by atoms with Crippen molar-refractivity contribution in [1.82, 2.24) is 30.0 Å². The first-order valence-corrected chi connectivity index (χ1v) is 11.2. The summed E-state index contributed by atoms with van der Waals surface area (Å²) in [5.74, 6) is 2.12. The number of H-pyrrole nitrogens is 1. The summed E-state index contributed by atoms with van der Waals surface area (Å²) in [6.07, 6.45) is 2.36. The Morgan fingerprint density at radius 1 is 1.09 bits per heavy atom. The number of anilines is 4. The highest BCUT2D eigenvalue weighted by atomic mass is 19.1. The van der Waals surface area contributed by atoms with E-state index >= 15 is 0 Å². The molecule has 3 heterocycles. The molecule has 33 heavy (non-hydrogen) atoms. The Labute approximate surface area is 191 Å². The molecule has 0 radical (unpaired) electrons. The third-order valence-corrected chi connectivity index (χ3v) is 6.02. The predicted octanol–water partition coefficient (Wildman–Crippen LogP) is 2.25. The fourth-order valence-electron chi connectivity index (χ4n) is 3.84. The molecule has 1 saturated carbocycles. The maximum absolute atomic E-state index is 13.3. The predicted molar refractivity (Wildman–Crippen MR) is 123 cm³/mol. The summed E-state index contributed by atoms with van der Waals surface area (Å²) in [7, 11) is 2.09. The van der Waals surface area contributed by atoms with E-state index in [0.29, 0.717) is 29.6 Å². The number of aliphatic hydroxyl groups is 1. The molecular formula is C22H28FN9O. The van der Waals surface area contributed by atoms with Crippen molar-refractivity contribution < 1.29 is 9.50 Å². The van der Waals surface area contributed by atoms with Crippen LogP contribution in [-0.2, 0) is 0 Å². The average Bonchev–Trinajstić information content (AvgIpc) is 3.57. The molecule has 1 aliphatic carbocycles. The van der Waals surface area contributed by atoms with E-state index in [4.69, 9.17) is 0 Å². The number of hydrogen-bond donors (Lipinski definition) is 4. The van der Waals surface area contributed by atoms with Crippen LogP contribution in [-0.4, -0.2) is 75.0 Å². The third kappa shape index (κ3) is 5.20. The number of benzene rings is 1. The summed E-state index contributed by atoms with van der Waals surface area (Å²) in [5, 5.41) is 23.7. The van der Waals surface area contributed by atoms with Gasteiger partial charge in [-0.1, -0.05) is 12.1 Å². The van der Waals surface area contributed by atoms with E-state index < -0.39 is 6.04 Å². The summed E-state index contributed by atoms with van der Waals surface area (Å²) in [6, 6.07) is 7.49. The second kappa shape index (κ2) is 9.28. The number of aromatic nitrogens is 5. The van der Waals surface area contributed by atoms with E-state index in [1.54, 1.807) is 12.1 Å². The zero-order chi connectivity index (χ0) is 22.8. The Balaban J connectivity index is 1.41. The quantitative estimate of drug-likeness (QED) is 0.407. The van der Waals surface area contributed by atoms with Gasteiger partial charge in [0.2, 0.25) is 17.8 Å². The molecule has 1 aliphatic heterocycles. The lowest BCUT2D eigenvalue weighted by Gasteiger charge is -2.32. The maximum atomic E-state index is 13.3. The molecule has 10 nitrogen and oxygen atoms in total. The molecule has 0 spiro atoms. The van der Waals surface area contributed by atoms with Gasteiger partial charge < -0.3 is 25.5 Å². The highest BCUT2D eigenvalue weighted by Crippen LogP contribution is 2.39. The van der Waals surface area contributed by atoms with E-state index in [0.717, 1.165) is 37.4 Å². The molecule has 2 aromatic heterocycles. The highest BCUT2D eigenvalue weighted by Gasteiger charge is 2.26. The van der Waals surface area contributed by atoms with Crippen LogP contribution < -0.4 is 15.5 Å². The van der Waals surface area contributed by atoms with Crippen LogP contribution in [0.15, 0.2) is 30.3 Å². The van der Waals surface area contributed by atoms with Gasteiger partial charge in [0, 0.05) is 43.9 Å². The van der Waals surface area contributed by atoms with E-state index in [1.807, 2.05) is 6.07 Å². The van der Waals surface area contributed by atoms with Crippen molar-refractivity contribution in [2.24, 2.45) is 0 Å². The minimum Gasteiger partial charge on any atom is -0.394 e. The summed E-state index contributed by atoms with van der Waals surface area (Å²) in [4.78, 5) is 18.1. The van der Waals surface area contributed by atoms with Crippen molar-refractivity contribution in [2.45, 2.75) is 24.8 Å². The third-order valence-electron chi connectivity index (χ3n) is 6.02. The normalized spacial score (nSPS) is 17.7. The first kappa shape index (κ1) is 21.5. The molecule has 11 heteroatoms. The fourth-order valence-corrected chi connectivity index (χ4v) is 3.84. The van der Waals surface area contributed by atoms with E-state index in [-0.39, 0.29) is 12.4 Å². The minimum absolute atomic E-state index is 0.200. The second-order valence-corrected chi connectivity index (χ2v) is 8.61. The van der Waals surface area contributed by atoms with Crippen LogP contribution in [0.1, 0.15) is 36.1 Å². The Bertz CT molecular complexity index is 1080. The molecule has 1 saturated heterocycles. The van der Waals surface area contributed by atoms with Crippen molar-refractivity contribution in [3.05, 3.63) is 47.4 Å². The summed E-state index contributed by atoms with van der Waals surface area (Å²) in [6.45, 7) is 3.23. The Morgan fingerprint density at radius 3 is 2.52 bits per heavy atom. The van der Waals surface area contributed by atoms with Crippen LogP contribution in [0.25, 0.3) is 0 Å². The summed E-state index contributed by atoms with van der Waals surface area (Å²) >= 11 is 0. The van der Waals surface area contributed by atoms with Gasteiger partial charge in [-0.3, -0.25) is 5.10 Å². The number of halogens is 1. The lowest BCUT2D eigenvalue weighted by atomic mass is 10.1. The SMILES string of the molecule is CN1CCN(c2nc(Nc3cc(C4CC4)[nH]n3)nc(NC(CO)c3ccc(F)cc3)n2)CC1. The lowest BCUT2D eigenvalue weighted by Crippen LogP contribution is -2.45. The van der Waals surface area contributed by atoms with Crippen LogP contribution in [0.4, 0.5) is 28.1 Å². The van der Waals surface area contributed by atoms with Gasteiger partial charge in [0.15, 0.2) is 5.82 Å². The molecule has 4 N–H and O–H groups in total. The molecule has 174 valence electrons. The molecule has 1 atom stereocenters.